The Balaban J connectivity index is 1.33. The molecule has 0 aromatic heterocycles. The zero-order valence-corrected chi connectivity index (χ0v) is 13.2. The number of nitrogens with zero attached hydrogens (tertiary/aromatic N) is 1. The Labute approximate surface area is 131 Å². The minimum absolute atomic E-state index is 0.274. The van der Waals surface area contributed by atoms with Crippen LogP contribution in [0.15, 0.2) is 35.2 Å². The largest absolute Gasteiger partial charge is 0.376 e. The lowest BCUT2D eigenvalue weighted by Crippen LogP contribution is -2.30. The van der Waals surface area contributed by atoms with Crippen LogP contribution in [0.4, 0.5) is 0 Å². The van der Waals surface area contributed by atoms with Gasteiger partial charge in [-0.05, 0) is 37.3 Å². The van der Waals surface area contributed by atoms with Crippen molar-refractivity contribution in [3.8, 4) is 0 Å². The molecule has 0 N–H and O–H groups in total. The third-order valence-electron chi connectivity index (χ3n) is 4.09. The fourth-order valence-electron chi connectivity index (χ4n) is 2.58. The van der Waals surface area contributed by atoms with Gasteiger partial charge in [-0.15, -0.1) is 11.8 Å². The number of carbonyl (C=O) groups excluding carboxylic acids is 1. The average molecular weight is 305 g/mol. The molecule has 0 radical (unpaired) electrons. The molecule has 1 saturated carbocycles. The highest BCUT2D eigenvalue weighted by Gasteiger charge is 2.29. The summed E-state index contributed by atoms with van der Waals surface area (Å²) in [5.41, 5.74) is 0. The van der Waals surface area contributed by atoms with Gasteiger partial charge >= 0.3 is 0 Å². The molecule has 2 fully saturated rings. The predicted molar refractivity (Wildman–Crippen MR) is 85.4 cm³/mol. The Morgan fingerprint density at radius 1 is 1.24 bits per heavy atom. The van der Waals surface area contributed by atoms with Crippen LogP contribution in [0.2, 0.25) is 0 Å². The number of amides is 1. The van der Waals surface area contributed by atoms with Crippen LogP contribution < -0.4 is 0 Å². The van der Waals surface area contributed by atoms with Gasteiger partial charge in [0.2, 0.25) is 5.91 Å². The second kappa shape index (κ2) is 7.32. The Morgan fingerprint density at radius 3 is 2.81 bits per heavy atom. The fourth-order valence-corrected chi connectivity index (χ4v) is 3.44. The molecule has 0 bridgehead atoms. The first-order chi connectivity index (χ1) is 10.3. The van der Waals surface area contributed by atoms with Crippen molar-refractivity contribution in [2.24, 2.45) is 5.92 Å². The van der Waals surface area contributed by atoms with Gasteiger partial charge in [0.15, 0.2) is 0 Å². The highest BCUT2D eigenvalue weighted by molar-refractivity contribution is 7.99. The van der Waals surface area contributed by atoms with E-state index in [4.69, 9.17) is 4.74 Å². The summed E-state index contributed by atoms with van der Waals surface area (Å²) < 4.78 is 5.88. The number of carbonyl (C=O) groups is 1. The Kier molecular flexibility index (Phi) is 5.20. The van der Waals surface area contributed by atoms with Crippen molar-refractivity contribution in [2.45, 2.75) is 36.7 Å². The molecule has 1 aliphatic heterocycles. The summed E-state index contributed by atoms with van der Waals surface area (Å²) in [7, 11) is 0. The van der Waals surface area contributed by atoms with Crippen LogP contribution in [-0.4, -0.2) is 42.4 Å². The van der Waals surface area contributed by atoms with E-state index in [1.165, 1.54) is 17.7 Å². The van der Waals surface area contributed by atoms with Crippen molar-refractivity contribution in [2.75, 3.05) is 25.4 Å². The summed E-state index contributed by atoms with van der Waals surface area (Å²) >= 11 is 1.75. The third kappa shape index (κ3) is 4.75. The van der Waals surface area contributed by atoms with Crippen molar-refractivity contribution in [1.82, 2.24) is 4.90 Å². The van der Waals surface area contributed by atoms with E-state index in [1.807, 2.05) is 23.1 Å². The Hall–Kier alpha value is -1.00. The average Bonchev–Trinajstić information content (AvgIpc) is 3.22. The molecule has 1 aromatic carbocycles. The zero-order chi connectivity index (χ0) is 14.5. The normalized spacial score (nSPS) is 21.7. The molecule has 0 unspecified atom stereocenters. The molecule has 3 rings (SSSR count). The Bertz CT molecular complexity index is 461. The Morgan fingerprint density at radius 2 is 2.05 bits per heavy atom. The van der Waals surface area contributed by atoms with Gasteiger partial charge in [0.25, 0.3) is 0 Å². The number of likely N-dealkylation sites (tertiary alicyclic amines) is 1. The van der Waals surface area contributed by atoms with Crippen LogP contribution in [0.5, 0.6) is 0 Å². The number of hydrogen-bond acceptors (Lipinski definition) is 3. The van der Waals surface area contributed by atoms with E-state index in [9.17, 15) is 4.79 Å². The van der Waals surface area contributed by atoms with E-state index in [-0.39, 0.29) is 12.0 Å². The molecule has 1 atom stereocenters. The molecular formula is C17H23NO2S. The van der Waals surface area contributed by atoms with E-state index in [0.717, 1.165) is 37.8 Å². The molecule has 0 spiro atoms. The fraction of sp³-hybridized carbons (Fsp3) is 0.588. The summed E-state index contributed by atoms with van der Waals surface area (Å²) in [5.74, 6) is 1.93. The van der Waals surface area contributed by atoms with Crippen molar-refractivity contribution in [3.63, 3.8) is 0 Å². The van der Waals surface area contributed by atoms with Crippen LogP contribution in [0.1, 0.15) is 25.7 Å². The van der Waals surface area contributed by atoms with Gasteiger partial charge in [0, 0.05) is 36.8 Å². The standard InChI is InChI=1S/C17H23NO2S/c19-17(9-11-21-16-4-2-1-3-5-16)18-10-8-15(12-18)20-13-14-6-7-14/h1-5,14-15H,6-13H2/t15-/m1/s1. The van der Waals surface area contributed by atoms with Crippen molar-refractivity contribution < 1.29 is 9.53 Å². The number of rotatable bonds is 7. The summed E-state index contributed by atoms with van der Waals surface area (Å²) in [5, 5.41) is 0. The molecule has 21 heavy (non-hydrogen) atoms. The van der Waals surface area contributed by atoms with Crippen molar-refractivity contribution >= 4 is 17.7 Å². The lowest BCUT2D eigenvalue weighted by Gasteiger charge is -2.16. The highest BCUT2D eigenvalue weighted by atomic mass is 32.2. The van der Waals surface area contributed by atoms with E-state index < -0.39 is 0 Å². The van der Waals surface area contributed by atoms with Crippen LogP contribution in [0.25, 0.3) is 0 Å². The number of benzene rings is 1. The van der Waals surface area contributed by atoms with Crippen LogP contribution >= 0.6 is 11.8 Å². The van der Waals surface area contributed by atoms with Crippen molar-refractivity contribution in [1.29, 1.82) is 0 Å². The monoisotopic (exact) mass is 305 g/mol. The second-order valence-corrected chi connectivity index (χ2v) is 7.11. The maximum Gasteiger partial charge on any atom is 0.223 e. The topological polar surface area (TPSA) is 29.5 Å². The van der Waals surface area contributed by atoms with Gasteiger partial charge in [0.1, 0.15) is 0 Å². The van der Waals surface area contributed by atoms with Crippen LogP contribution in [-0.2, 0) is 9.53 Å². The van der Waals surface area contributed by atoms with Gasteiger partial charge in [0.05, 0.1) is 6.10 Å². The van der Waals surface area contributed by atoms with Gasteiger partial charge in [-0.25, -0.2) is 0 Å². The summed E-state index contributed by atoms with van der Waals surface area (Å²) in [4.78, 5) is 15.4. The SMILES string of the molecule is O=C(CCSc1ccccc1)N1CC[C@@H](OCC2CC2)C1. The number of ether oxygens (including phenoxy) is 1. The number of hydrogen-bond donors (Lipinski definition) is 0. The first-order valence-electron chi connectivity index (χ1n) is 7.88. The van der Waals surface area contributed by atoms with E-state index in [0.29, 0.717) is 6.42 Å². The maximum absolute atomic E-state index is 12.2. The molecule has 1 aliphatic carbocycles. The predicted octanol–water partition coefficient (Wildman–Crippen LogP) is 3.20. The van der Waals surface area contributed by atoms with E-state index in [2.05, 4.69) is 12.1 Å². The second-order valence-electron chi connectivity index (χ2n) is 5.94. The van der Waals surface area contributed by atoms with E-state index in [1.54, 1.807) is 11.8 Å². The lowest BCUT2D eigenvalue weighted by molar-refractivity contribution is -0.130. The molecule has 2 aliphatic rings. The molecule has 4 heteroatoms. The number of thioether (sulfide) groups is 1. The summed E-state index contributed by atoms with van der Waals surface area (Å²) in [6.07, 6.45) is 4.55. The highest BCUT2D eigenvalue weighted by Crippen LogP contribution is 2.30. The summed E-state index contributed by atoms with van der Waals surface area (Å²) in [6.45, 7) is 2.56. The van der Waals surface area contributed by atoms with Gasteiger partial charge in [-0.3, -0.25) is 4.79 Å². The molecule has 1 saturated heterocycles. The summed E-state index contributed by atoms with van der Waals surface area (Å²) in [6, 6.07) is 10.3. The first kappa shape index (κ1) is 14.9. The molecule has 1 heterocycles. The molecular weight excluding hydrogens is 282 g/mol. The molecule has 114 valence electrons. The third-order valence-corrected chi connectivity index (χ3v) is 5.10. The van der Waals surface area contributed by atoms with Crippen LogP contribution in [0, 0.1) is 5.92 Å². The minimum Gasteiger partial charge on any atom is -0.376 e. The zero-order valence-electron chi connectivity index (χ0n) is 12.4. The smallest absolute Gasteiger partial charge is 0.223 e. The van der Waals surface area contributed by atoms with Crippen LogP contribution in [0.3, 0.4) is 0 Å². The van der Waals surface area contributed by atoms with E-state index >= 15 is 0 Å². The molecule has 1 aromatic rings. The maximum atomic E-state index is 12.2. The quantitative estimate of drug-likeness (QED) is 0.725. The van der Waals surface area contributed by atoms with Gasteiger partial charge < -0.3 is 9.64 Å². The molecule has 3 nitrogen and oxygen atoms in total. The minimum atomic E-state index is 0.274. The lowest BCUT2D eigenvalue weighted by atomic mass is 10.3. The van der Waals surface area contributed by atoms with Gasteiger partial charge in [-0.2, -0.15) is 0 Å². The first-order valence-corrected chi connectivity index (χ1v) is 8.87. The van der Waals surface area contributed by atoms with Crippen molar-refractivity contribution in [3.05, 3.63) is 30.3 Å². The van der Waals surface area contributed by atoms with Gasteiger partial charge in [-0.1, -0.05) is 18.2 Å². The molecule has 1 amide bonds.